The number of nitrogens with one attached hydrogen (secondary N) is 2. The third-order valence-corrected chi connectivity index (χ3v) is 7.01. The number of thiophene rings is 1. The largest absolute Gasteiger partial charge is 0.486 e. The highest BCUT2D eigenvalue weighted by Gasteiger charge is 2.20. The molecular weight excluding hydrogens is 582 g/mol. The zero-order valence-corrected chi connectivity index (χ0v) is 21.9. The number of hydrogen-bond acceptors (Lipinski definition) is 7. The van der Waals surface area contributed by atoms with Gasteiger partial charge in [0.05, 0.1) is 21.1 Å². The minimum absolute atomic E-state index is 0.0425. The highest BCUT2D eigenvalue weighted by molar-refractivity contribution is 9.11. The standard InChI is InChI=1S/C23H16BrClF2N4O2S2/c1-34-31-17-4-13(25)3-16(6-17)30-23(32)20-7-18(22(24)35-20)21-19(5-15(27)10-29-21)33-11-12-2-14(26)9-28-8-12/h2-10,31H,11H2,1H3,(H,30,32). The molecule has 4 aromatic rings. The van der Waals surface area contributed by atoms with Gasteiger partial charge in [0.25, 0.3) is 5.91 Å². The Balaban J connectivity index is 1.58. The average molecular weight is 598 g/mol. The molecule has 0 saturated heterocycles. The van der Waals surface area contributed by atoms with Gasteiger partial charge in [0.15, 0.2) is 0 Å². The van der Waals surface area contributed by atoms with Gasteiger partial charge in [-0.05, 0) is 46.3 Å². The minimum atomic E-state index is -0.596. The molecule has 180 valence electrons. The van der Waals surface area contributed by atoms with Crippen molar-refractivity contribution in [1.29, 1.82) is 0 Å². The van der Waals surface area contributed by atoms with E-state index in [1.807, 2.05) is 6.26 Å². The molecule has 0 aliphatic heterocycles. The van der Waals surface area contributed by atoms with E-state index in [1.165, 1.54) is 41.6 Å². The number of amides is 1. The van der Waals surface area contributed by atoms with E-state index in [0.717, 1.165) is 18.1 Å². The molecule has 35 heavy (non-hydrogen) atoms. The van der Waals surface area contributed by atoms with E-state index in [0.29, 0.717) is 36.2 Å². The number of rotatable bonds is 8. The first kappa shape index (κ1) is 25.4. The van der Waals surface area contributed by atoms with Gasteiger partial charge in [-0.2, -0.15) is 0 Å². The number of hydrogen-bond donors (Lipinski definition) is 2. The molecule has 12 heteroatoms. The van der Waals surface area contributed by atoms with Crippen LogP contribution in [0.25, 0.3) is 11.3 Å². The van der Waals surface area contributed by atoms with Crippen molar-refractivity contribution in [2.45, 2.75) is 6.61 Å². The van der Waals surface area contributed by atoms with Crippen molar-refractivity contribution in [3.05, 3.63) is 85.9 Å². The fraction of sp³-hybridized carbons (Fsp3) is 0.0870. The Bertz CT molecular complexity index is 1390. The van der Waals surface area contributed by atoms with E-state index >= 15 is 0 Å². The van der Waals surface area contributed by atoms with E-state index in [1.54, 1.807) is 24.3 Å². The van der Waals surface area contributed by atoms with Gasteiger partial charge >= 0.3 is 0 Å². The molecule has 0 saturated carbocycles. The van der Waals surface area contributed by atoms with Gasteiger partial charge < -0.3 is 14.8 Å². The topological polar surface area (TPSA) is 76.1 Å². The minimum Gasteiger partial charge on any atom is -0.486 e. The van der Waals surface area contributed by atoms with Gasteiger partial charge in [-0.15, -0.1) is 11.3 Å². The van der Waals surface area contributed by atoms with Crippen LogP contribution in [0.1, 0.15) is 15.2 Å². The van der Waals surface area contributed by atoms with E-state index in [-0.39, 0.29) is 18.3 Å². The molecule has 1 amide bonds. The van der Waals surface area contributed by atoms with Gasteiger partial charge in [-0.25, -0.2) is 13.8 Å². The Labute approximate surface area is 221 Å². The molecule has 6 nitrogen and oxygen atoms in total. The van der Waals surface area contributed by atoms with Gasteiger partial charge in [-0.3, -0.25) is 9.78 Å². The molecule has 0 aliphatic rings. The molecule has 4 rings (SSSR count). The van der Waals surface area contributed by atoms with E-state index in [4.69, 9.17) is 16.3 Å². The molecular formula is C23H16BrClF2N4O2S2. The van der Waals surface area contributed by atoms with Crippen LogP contribution in [-0.2, 0) is 6.61 Å². The Morgan fingerprint density at radius 1 is 1.11 bits per heavy atom. The normalized spacial score (nSPS) is 10.8. The highest BCUT2D eigenvalue weighted by atomic mass is 79.9. The van der Waals surface area contributed by atoms with Gasteiger partial charge in [-0.1, -0.05) is 23.5 Å². The summed E-state index contributed by atoms with van der Waals surface area (Å²) < 4.78 is 36.8. The molecule has 3 heterocycles. The summed E-state index contributed by atoms with van der Waals surface area (Å²) in [5.74, 6) is -1.31. The third kappa shape index (κ3) is 6.49. The Morgan fingerprint density at radius 2 is 1.89 bits per heavy atom. The number of carbonyl (C=O) groups is 1. The van der Waals surface area contributed by atoms with Crippen molar-refractivity contribution < 1.29 is 18.3 Å². The zero-order valence-electron chi connectivity index (χ0n) is 17.9. The smallest absolute Gasteiger partial charge is 0.265 e. The SMILES string of the molecule is CSNc1cc(Cl)cc(NC(=O)c2cc(-c3ncc(F)cc3OCc3cncc(F)c3)c(Br)s2)c1. The van der Waals surface area contributed by atoms with Crippen LogP contribution >= 0.6 is 50.8 Å². The number of aromatic nitrogens is 2. The maximum Gasteiger partial charge on any atom is 0.265 e. The summed E-state index contributed by atoms with van der Waals surface area (Å²) in [5.41, 5.74) is 2.62. The molecule has 3 aromatic heterocycles. The summed E-state index contributed by atoms with van der Waals surface area (Å²) >= 11 is 12.2. The van der Waals surface area contributed by atoms with Gasteiger partial charge in [0.2, 0.25) is 0 Å². The summed E-state index contributed by atoms with van der Waals surface area (Å²) in [5, 5.41) is 3.30. The van der Waals surface area contributed by atoms with Crippen molar-refractivity contribution in [3.63, 3.8) is 0 Å². The van der Waals surface area contributed by atoms with Crippen LogP contribution < -0.4 is 14.8 Å². The summed E-state index contributed by atoms with van der Waals surface area (Å²) in [4.78, 5) is 21.3. The van der Waals surface area contributed by atoms with Crippen LogP contribution in [-0.4, -0.2) is 22.1 Å². The second-order valence-corrected chi connectivity index (χ2v) is 10.5. The fourth-order valence-electron chi connectivity index (χ4n) is 3.10. The molecule has 0 unspecified atom stereocenters. The molecule has 0 aliphatic carbocycles. The van der Waals surface area contributed by atoms with Gasteiger partial charge in [0, 0.05) is 46.0 Å². The monoisotopic (exact) mass is 596 g/mol. The predicted molar refractivity (Wildman–Crippen MR) is 140 cm³/mol. The number of ether oxygens (including phenoxy) is 1. The molecule has 0 spiro atoms. The number of benzene rings is 1. The molecule has 0 radical (unpaired) electrons. The van der Waals surface area contributed by atoms with Crippen LogP contribution in [0.4, 0.5) is 20.2 Å². The molecule has 1 aromatic carbocycles. The first-order chi connectivity index (χ1) is 16.8. The Kier molecular flexibility index (Phi) is 8.22. The Morgan fingerprint density at radius 3 is 2.66 bits per heavy atom. The quantitative estimate of drug-likeness (QED) is 0.206. The van der Waals surface area contributed by atoms with Crippen molar-refractivity contribution in [1.82, 2.24) is 9.97 Å². The van der Waals surface area contributed by atoms with Crippen molar-refractivity contribution >= 4 is 68.1 Å². The molecule has 0 bridgehead atoms. The third-order valence-electron chi connectivity index (χ3n) is 4.52. The number of pyridine rings is 2. The predicted octanol–water partition coefficient (Wildman–Crippen LogP) is 7.42. The second kappa shape index (κ2) is 11.3. The first-order valence-electron chi connectivity index (χ1n) is 9.91. The summed E-state index contributed by atoms with van der Waals surface area (Å²) in [6.07, 6.45) is 5.47. The van der Waals surface area contributed by atoms with Crippen LogP contribution in [0.2, 0.25) is 5.02 Å². The van der Waals surface area contributed by atoms with Crippen molar-refractivity contribution in [3.8, 4) is 17.0 Å². The number of carbonyl (C=O) groups excluding carboxylic acids is 1. The van der Waals surface area contributed by atoms with E-state index in [2.05, 4.69) is 35.9 Å². The lowest BCUT2D eigenvalue weighted by Crippen LogP contribution is -2.10. The maximum absolute atomic E-state index is 13.9. The molecule has 2 N–H and O–H groups in total. The highest BCUT2D eigenvalue weighted by Crippen LogP contribution is 2.40. The maximum atomic E-state index is 13.9. The van der Waals surface area contributed by atoms with Crippen LogP contribution in [0.3, 0.4) is 0 Å². The van der Waals surface area contributed by atoms with Crippen LogP contribution in [0.15, 0.2) is 58.8 Å². The molecule has 0 atom stereocenters. The van der Waals surface area contributed by atoms with Crippen molar-refractivity contribution in [2.75, 3.05) is 16.3 Å². The van der Waals surface area contributed by atoms with E-state index in [9.17, 15) is 13.6 Å². The first-order valence-corrected chi connectivity index (χ1v) is 13.1. The molecule has 0 fully saturated rings. The van der Waals surface area contributed by atoms with Gasteiger partial charge in [0.1, 0.15) is 29.7 Å². The lowest BCUT2D eigenvalue weighted by Gasteiger charge is -2.10. The number of nitrogens with zero attached hydrogens (tertiary/aromatic N) is 2. The van der Waals surface area contributed by atoms with E-state index < -0.39 is 11.6 Å². The zero-order chi connectivity index (χ0) is 24.9. The summed E-state index contributed by atoms with van der Waals surface area (Å²) in [7, 11) is 0. The number of anilines is 2. The van der Waals surface area contributed by atoms with Crippen molar-refractivity contribution in [2.24, 2.45) is 0 Å². The Hall–Kier alpha value is -2.73. The second-order valence-electron chi connectivity index (χ2n) is 7.09. The number of halogens is 4. The average Bonchev–Trinajstić information content (AvgIpc) is 3.19. The van der Waals surface area contributed by atoms with Crippen LogP contribution in [0, 0.1) is 11.6 Å². The lowest BCUT2D eigenvalue weighted by atomic mass is 10.2. The fourth-order valence-corrected chi connectivity index (χ4v) is 5.30. The lowest BCUT2D eigenvalue weighted by molar-refractivity contribution is 0.103. The van der Waals surface area contributed by atoms with Crippen LogP contribution in [0.5, 0.6) is 5.75 Å². The summed E-state index contributed by atoms with van der Waals surface area (Å²) in [6, 6.07) is 9.24. The summed E-state index contributed by atoms with van der Waals surface area (Å²) in [6.45, 7) is -0.0425.